The molecule has 2 saturated heterocycles. The van der Waals surface area contributed by atoms with E-state index in [4.69, 9.17) is 4.74 Å². The lowest BCUT2D eigenvalue weighted by molar-refractivity contribution is -0.121. The fourth-order valence-corrected chi connectivity index (χ4v) is 2.64. The van der Waals surface area contributed by atoms with Gasteiger partial charge in [-0.3, -0.25) is 9.69 Å². The van der Waals surface area contributed by atoms with Crippen LogP contribution in [0.25, 0.3) is 0 Å². The topological polar surface area (TPSA) is 53.6 Å². The summed E-state index contributed by atoms with van der Waals surface area (Å²) in [5.41, 5.74) is 0. The predicted molar refractivity (Wildman–Crippen MR) is 85.0 cm³/mol. The number of hydrogen-bond acceptors (Lipinski definition) is 4. The second-order valence-corrected chi connectivity index (χ2v) is 5.30. The van der Waals surface area contributed by atoms with Gasteiger partial charge in [-0.2, -0.15) is 0 Å². The van der Waals surface area contributed by atoms with Gasteiger partial charge in [-0.1, -0.05) is 0 Å². The fourth-order valence-electron chi connectivity index (χ4n) is 2.64. The van der Waals surface area contributed by atoms with Gasteiger partial charge in [-0.05, 0) is 26.3 Å². The van der Waals surface area contributed by atoms with Crippen molar-refractivity contribution in [3.8, 4) is 0 Å². The Balaban J connectivity index is 0.00000180. The molecular formula is C13H27Cl2N3O2. The average Bonchev–Trinajstić information content (AvgIpc) is 2.90. The van der Waals surface area contributed by atoms with Crippen molar-refractivity contribution < 1.29 is 9.53 Å². The maximum absolute atomic E-state index is 11.8. The second-order valence-electron chi connectivity index (χ2n) is 5.30. The van der Waals surface area contributed by atoms with E-state index < -0.39 is 0 Å². The van der Waals surface area contributed by atoms with Crippen molar-refractivity contribution in [1.29, 1.82) is 0 Å². The maximum atomic E-state index is 11.8. The number of rotatable bonds is 5. The lowest BCUT2D eigenvalue weighted by Gasteiger charge is -2.32. The molecule has 0 spiro atoms. The number of morpholine rings is 1. The Kier molecular flexibility index (Phi) is 10.6. The molecule has 2 N–H and O–H groups in total. The predicted octanol–water partition coefficient (Wildman–Crippen LogP) is 0.809. The summed E-state index contributed by atoms with van der Waals surface area (Å²) in [4.78, 5) is 14.2. The third kappa shape index (κ3) is 6.59. The zero-order valence-corrected chi connectivity index (χ0v) is 13.7. The molecule has 0 bridgehead atoms. The molecule has 2 fully saturated rings. The smallest absolute Gasteiger partial charge is 0.221 e. The van der Waals surface area contributed by atoms with Crippen molar-refractivity contribution in [2.75, 3.05) is 39.4 Å². The molecule has 1 amide bonds. The van der Waals surface area contributed by atoms with Gasteiger partial charge in [-0.25, -0.2) is 0 Å². The van der Waals surface area contributed by atoms with E-state index in [1.807, 2.05) is 0 Å². The number of ether oxygens (including phenoxy) is 1. The molecule has 2 aliphatic heterocycles. The molecule has 0 aromatic carbocycles. The van der Waals surface area contributed by atoms with Crippen molar-refractivity contribution >= 4 is 30.7 Å². The number of nitrogens with zero attached hydrogens (tertiary/aromatic N) is 1. The Morgan fingerprint density at radius 2 is 2.10 bits per heavy atom. The van der Waals surface area contributed by atoms with Crippen LogP contribution in [-0.4, -0.2) is 62.3 Å². The van der Waals surface area contributed by atoms with Gasteiger partial charge in [0.05, 0.1) is 13.2 Å². The number of nitrogens with one attached hydrogen (secondary N) is 2. The minimum absolute atomic E-state index is 0. The zero-order chi connectivity index (χ0) is 12.8. The van der Waals surface area contributed by atoms with Crippen LogP contribution in [0.15, 0.2) is 0 Å². The van der Waals surface area contributed by atoms with E-state index in [1.165, 1.54) is 6.42 Å². The summed E-state index contributed by atoms with van der Waals surface area (Å²) >= 11 is 0. The van der Waals surface area contributed by atoms with Crippen LogP contribution in [0.5, 0.6) is 0 Å². The lowest BCUT2D eigenvalue weighted by atomic mass is 10.1. The van der Waals surface area contributed by atoms with Crippen molar-refractivity contribution in [1.82, 2.24) is 15.5 Å². The summed E-state index contributed by atoms with van der Waals surface area (Å²) in [5, 5.41) is 6.40. The lowest BCUT2D eigenvalue weighted by Crippen LogP contribution is -2.47. The normalized spacial score (nSPS) is 24.4. The molecule has 0 aromatic rings. The van der Waals surface area contributed by atoms with Gasteiger partial charge in [0, 0.05) is 38.1 Å². The molecule has 2 aliphatic rings. The van der Waals surface area contributed by atoms with Crippen LogP contribution in [0.4, 0.5) is 0 Å². The van der Waals surface area contributed by atoms with E-state index in [0.717, 1.165) is 45.8 Å². The van der Waals surface area contributed by atoms with Crippen molar-refractivity contribution in [3.05, 3.63) is 0 Å². The van der Waals surface area contributed by atoms with Gasteiger partial charge in [-0.15, -0.1) is 24.8 Å². The fraction of sp³-hybridized carbons (Fsp3) is 0.923. The molecule has 0 aromatic heterocycles. The first-order valence-electron chi connectivity index (χ1n) is 7.07. The minimum atomic E-state index is 0. The molecule has 0 saturated carbocycles. The number of hydrogen-bond donors (Lipinski definition) is 2. The van der Waals surface area contributed by atoms with Gasteiger partial charge in [0.2, 0.25) is 5.91 Å². The summed E-state index contributed by atoms with van der Waals surface area (Å²) in [6.45, 7) is 7.53. The van der Waals surface area contributed by atoms with E-state index in [-0.39, 0.29) is 30.7 Å². The zero-order valence-electron chi connectivity index (χ0n) is 12.1. The van der Waals surface area contributed by atoms with Gasteiger partial charge >= 0.3 is 0 Å². The Bertz CT molecular complexity index is 270. The van der Waals surface area contributed by atoms with E-state index in [2.05, 4.69) is 22.5 Å². The van der Waals surface area contributed by atoms with Crippen LogP contribution < -0.4 is 10.6 Å². The highest BCUT2D eigenvalue weighted by Crippen LogP contribution is 2.08. The van der Waals surface area contributed by atoms with Crippen molar-refractivity contribution in [2.24, 2.45) is 0 Å². The molecule has 2 rings (SSSR count). The molecule has 0 radical (unpaired) electrons. The Morgan fingerprint density at radius 1 is 1.40 bits per heavy atom. The average molecular weight is 328 g/mol. The number of carbonyl (C=O) groups excluding carboxylic acids is 1. The maximum Gasteiger partial charge on any atom is 0.221 e. The summed E-state index contributed by atoms with van der Waals surface area (Å²) < 4.78 is 5.33. The van der Waals surface area contributed by atoms with Gasteiger partial charge in [0.1, 0.15) is 0 Å². The molecule has 20 heavy (non-hydrogen) atoms. The van der Waals surface area contributed by atoms with E-state index in [9.17, 15) is 4.79 Å². The highest BCUT2D eigenvalue weighted by molar-refractivity contribution is 5.85. The SMILES string of the molecule is CC(CNC(=O)CC1CCCN1)N1CCOCC1.Cl.Cl. The summed E-state index contributed by atoms with van der Waals surface area (Å²) in [6, 6.07) is 0.790. The van der Waals surface area contributed by atoms with Crippen LogP contribution in [0.2, 0.25) is 0 Å². The largest absolute Gasteiger partial charge is 0.379 e. The highest BCUT2D eigenvalue weighted by atomic mass is 35.5. The summed E-state index contributed by atoms with van der Waals surface area (Å²) in [7, 11) is 0. The third-order valence-corrected chi connectivity index (χ3v) is 3.86. The number of halogens is 2. The van der Waals surface area contributed by atoms with Crippen LogP contribution in [-0.2, 0) is 9.53 Å². The first-order chi connectivity index (χ1) is 8.75. The standard InChI is InChI=1S/C13H25N3O2.2ClH/c1-11(16-5-7-18-8-6-16)10-15-13(17)9-12-3-2-4-14-12;;/h11-12,14H,2-10H2,1H3,(H,15,17);2*1H. The molecule has 120 valence electrons. The first kappa shape index (κ1) is 19.9. The molecule has 2 atom stereocenters. The third-order valence-electron chi connectivity index (χ3n) is 3.86. The van der Waals surface area contributed by atoms with Gasteiger partial charge < -0.3 is 15.4 Å². The molecule has 2 heterocycles. The summed E-state index contributed by atoms with van der Waals surface area (Å²) in [5.74, 6) is 0.175. The molecule has 0 aliphatic carbocycles. The second kappa shape index (κ2) is 10.6. The monoisotopic (exact) mass is 327 g/mol. The Morgan fingerprint density at radius 3 is 2.70 bits per heavy atom. The molecule has 7 heteroatoms. The van der Waals surface area contributed by atoms with Crippen LogP contribution >= 0.6 is 24.8 Å². The first-order valence-corrected chi connectivity index (χ1v) is 7.07. The van der Waals surface area contributed by atoms with E-state index >= 15 is 0 Å². The summed E-state index contributed by atoms with van der Waals surface area (Å²) in [6.07, 6.45) is 2.95. The Labute approximate surface area is 134 Å². The van der Waals surface area contributed by atoms with Crippen LogP contribution in [0.1, 0.15) is 26.2 Å². The van der Waals surface area contributed by atoms with Gasteiger partial charge in [0.25, 0.3) is 0 Å². The number of amides is 1. The highest BCUT2D eigenvalue weighted by Gasteiger charge is 2.20. The molecule has 5 nitrogen and oxygen atoms in total. The number of carbonyl (C=O) groups is 1. The van der Waals surface area contributed by atoms with Gasteiger partial charge in [0.15, 0.2) is 0 Å². The Hall–Kier alpha value is -0.0700. The minimum Gasteiger partial charge on any atom is -0.379 e. The van der Waals surface area contributed by atoms with Crippen LogP contribution in [0, 0.1) is 0 Å². The quantitative estimate of drug-likeness (QED) is 0.784. The van der Waals surface area contributed by atoms with Crippen LogP contribution in [0.3, 0.4) is 0 Å². The van der Waals surface area contributed by atoms with Crippen molar-refractivity contribution in [2.45, 2.75) is 38.3 Å². The van der Waals surface area contributed by atoms with E-state index in [1.54, 1.807) is 0 Å². The molecule has 2 unspecified atom stereocenters. The van der Waals surface area contributed by atoms with Crippen molar-refractivity contribution in [3.63, 3.8) is 0 Å². The van der Waals surface area contributed by atoms with E-state index in [0.29, 0.717) is 18.5 Å². The molecular weight excluding hydrogens is 301 g/mol.